The molecule has 2 aromatic rings. The molecule has 0 saturated carbocycles. The van der Waals surface area contributed by atoms with E-state index < -0.39 is 0 Å². The highest BCUT2D eigenvalue weighted by Gasteiger charge is 2.04. The van der Waals surface area contributed by atoms with Gasteiger partial charge in [-0.3, -0.25) is 9.79 Å². The summed E-state index contributed by atoms with van der Waals surface area (Å²) in [4.78, 5) is 16.1. The van der Waals surface area contributed by atoms with E-state index in [1.165, 1.54) is 0 Å². The summed E-state index contributed by atoms with van der Waals surface area (Å²) < 4.78 is 0. The van der Waals surface area contributed by atoms with Crippen molar-refractivity contribution in [3.05, 3.63) is 63.6 Å². The van der Waals surface area contributed by atoms with Gasteiger partial charge in [-0.2, -0.15) is 0 Å². The maximum absolute atomic E-state index is 11.9. The predicted molar refractivity (Wildman–Crippen MR) is 84.7 cm³/mol. The number of carbonyl (C=O) groups excluding carboxylic acids is 1. The van der Waals surface area contributed by atoms with Gasteiger partial charge in [-0.1, -0.05) is 53.0 Å². The van der Waals surface area contributed by atoms with Crippen molar-refractivity contribution in [3.8, 4) is 0 Å². The molecule has 0 fully saturated rings. The Kier molecular flexibility index (Phi) is 4.94. The molecule has 0 amide bonds. The molecule has 0 saturated heterocycles. The van der Waals surface area contributed by atoms with Crippen LogP contribution < -0.4 is 0 Å². The van der Waals surface area contributed by atoms with Gasteiger partial charge in [0.1, 0.15) is 0 Å². The fraction of sp³-hybridized carbons (Fsp3) is 0.125. The normalized spacial score (nSPS) is 10.9. The summed E-state index contributed by atoms with van der Waals surface area (Å²) in [5, 5.41) is 1.07. The summed E-state index contributed by atoms with van der Waals surface area (Å²) in [5.74, 6) is 0.0203. The number of Topliss-reactive ketones (excluding diaryl/α,β-unsaturated/α-hetero) is 1. The Morgan fingerprint density at radius 3 is 2.55 bits per heavy atom. The van der Waals surface area contributed by atoms with Crippen molar-refractivity contribution >= 4 is 40.9 Å². The molecule has 0 heterocycles. The molecule has 0 aliphatic heterocycles. The van der Waals surface area contributed by atoms with Crippen molar-refractivity contribution in [3.63, 3.8) is 0 Å². The summed E-state index contributed by atoms with van der Waals surface area (Å²) >= 11 is 11.9. The number of aryl methyl sites for hydroxylation is 1. The van der Waals surface area contributed by atoms with Crippen molar-refractivity contribution in [2.45, 2.75) is 13.3 Å². The highest BCUT2D eigenvalue weighted by Crippen LogP contribution is 2.27. The molecule has 0 aliphatic rings. The molecule has 0 atom stereocenters. The van der Waals surface area contributed by atoms with Crippen LogP contribution in [0.3, 0.4) is 0 Å². The average Bonchev–Trinajstić information content (AvgIpc) is 2.43. The number of ketones is 1. The maximum atomic E-state index is 11.9. The lowest BCUT2D eigenvalue weighted by molar-refractivity contribution is 0.100. The maximum Gasteiger partial charge on any atom is 0.168 e. The first kappa shape index (κ1) is 14.8. The number of halogens is 2. The lowest BCUT2D eigenvalue weighted by Crippen LogP contribution is -1.99. The van der Waals surface area contributed by atoms with E-state index >= 15 is 0 Å². The summed E-state index contributed by atoms with van der Waals surface area (Å²) in [6.07, 6.45) is 1.78. The molecular formula is C16H13Cl2NO. The van der Waals surface area contributed by atoms with Gasteiger partial charge in [0.25, 0.3) is 0 Å². The highest BCUT2D eigenvalue weighted by atomic mass is 35.5. The Morgan fingerprint density at radius 1 is 1.15 bits per heavy atom. The van der Waals surface area contributed by atoms with Crippen molar-refractivity contribution in [1.29, 1.82) is 0 Å². The van der Waals surface area contributed by atoms with Crippen LogP contribution in [0.25, 0.3) is 0 Å². The quantitative estimate of drug-likeness (QED) is 0.558. The van der Waals surface area contributed by atoms with Crippen LogP contribution in [0.5, 0.6) is 0 Å². The third-order valence-electron chi connectivity index (χ3n) is 2.79. The van der Waals surface area contributed by atoms with Gasteiger partial charge in [0.05, 0.1) is 10.7 Å². The van der Waals surface area contributed by atoms with Crippen LogP contribution in [0.4, 0.5) is 5.69 Å². The highest BCUT2D eigenvalue weighted by molar-refractivity contribution is 6.35. The SMILES string of the molecule is Cc1ccc(C(=O)CC=Nc2cc(Cl)ccc2Cl)cc1. The second-order valence-corrected chi connectivity index (χ2v) is 5.24. The van der Waals surface area contributed by atoms with Crippen LogP contribution in [0.2, 0.25) is 10.0 Å². The molecule has 0 radical (unpaired) electrons. The Bertz CT molecular complexity index is 648. The van der Waals surface area contributed by atoms with Crippen LogP contribution in [0.15, 0.2) is 47.5 Å². The van der Waals surface area contributed by atoms with E-state index in [4.69, 9.17) is 23.2 Å². The molecule has 102 valence electrons. The smallest absolute Gasteiger partial charge is 0.168 e. The summed E-state index contributed by atoms with van der Waals surface area (Å²) in [7, 11) is 0. The molecule has 0 bridgehead atoms. The molecule has 0 spiro atoms. The number of hydrogen-bond acceptors (Lipinski definition) is 2. The zero-order valence-electron chi connectivity index (χ0n) is 10.9. The van der Waals surface area contributed by atoms with Gasteiger partial charge in [-0.15, -0.1) is 0 Å². The lowest BCUT2D eigenvalue weighted by Gasteiger charge is -2.00. The third-order valence-corrected chi connectivity index (χ3v) is 3.34. The van der Waals surface area contributed by atoms with E-state index in [0.717, 1.165) is 5.56 Å². The number of benzene rings is 2. The molecular weight excluding hydrogens is 293 g/mol. The Labute approximate surface area is 128 Å². The largest absolute Gasteiger partial charge is 0.294 e. The van der Waals surface area contributed by atoms with Gasteiger partial charge < -0.3 is 0 Å². The average molecular weight is 306 g/mol. The fourth-order valence-corrected chi connectivity index (χ4v) is 2.00. The van der Waals surface area contributed by atoms with Crippen molar-refractivity contribution in [1.82, 2.24) is 0 Å². The van der Waals surface area contributed by atoms with E-state index in [1.54, 1.807) is 24.4 Å². The second kappa shape index (κ2) is 6.69. The molecule has 2 aromatic carbocycles. The van der Waals surface area contributed by atoms with Crippen molar-refractivity contribution < 1.29 is 4.79 Å². The monoisotopic (exact) mass is 305 g/mol. The molecule has 0 N–H and O–H groups in total. The number of aliphatic imine (C=N–C) groups is 1. The summed E-state index contributed by atoms with van der Waals surface area (Å²) in [6.45, 7) is 1.98. The van der Waals surface area contributed by atoms with Crippen LogP contribution in [0, 0.1) is 6.92 Å². The predicted octanol–water partition coefficient (Wildman–Crippen LogP) is 5.28. The van der Waals surface area contributed by atoms with E-state index in [9.17, 15) is 4.79 Å². The zero-order valence-corrected chi connectivity index (χ0v) is 12.4. The van der Waals surface area contributed by atoms with Crippen LogP contribution in [-0.2, 0) is 0 Å². The number of nitrogens with zero attached hydrogens (tertiary/aromatic N) is 1. The van der Waals surface area contributed by atoms with Gasteiger partial charge in [-0.25, -0.2) is 0 Å². The standard InChI is InChI=1S/C16H13Cl2NO/c1-11-2-4-12(5-3-11)16(20)8-9-19-15-10-13(17)6-7-14(15)18/h2-7,9-10H,8H2,1H3. The van der Waals surface area contributed by atoms with Gasteiger partial charge in [-0.05, 0) is 25.1 Å². The Balaban J connectivity index is 2.04. The first-order chi connectivity index (χ1) is 9.56. The van der Waals surface area contributed by atoms with E-state index in [1.807, 2.05) is 31.2 Å². The summed E-state index contributed by atoms with van der Waals surface area (Å²) in [5.41, 5.74) is 2.37. The molecule has 4 heteroatoms. The molecule has 20 heavy (non-hydrogen) atoms. The number of rotatable bonds is 4. The number of hydrogen-bond donors (Lipinski definition) is 0. The van der Waals surface area contributed by atoms with Crippen LogP contribution in [-0.4, -0.2) is 12.0 Å². The molecule has 0 aromatic heterocycles. The van der Waals surface area contributed by atoms with Crippen LogP contribution >= 0.6 is 23.2 Å². The Morgan fingerprint density at radius 2 is 1.85 bits per heavy atom. The molecule has 2 nitrogen and oxygen atoms in total. The number of carbonyl (C=O) groups is 1. The first-order valence-electron chi connectivity index (χ1n) is 6.14. The molecule has 2 rings (SSSR count). The molecule has 0 unspecified atom stereocenters. The van der Waals surface area contributed by atoms with Crippen molar-refractivity contribution in [2.24, 2.45) is 4.99 Å². The minimum absolute atomic E-state index is 0.0203. The zero-order chi connectivity index (χ0) is 14.5. The van der Waals surface area contributed by atoms with Gasteiger partial charge in [0.2, 0.25) is 0 Å². The first-order valence-corrected chi connectivity index (χ1v) is 6.89. The second-order valence-electron chi connectivity index (χ2n) is 4.40. The minimum atomic E-state index is 0.0203. The van der Waals surface area contributed by atoms with Gasteiger partial charge in [0, 0.05) is 23.2 Å². The van der Waals surface area contributed by atoms with E-state index in [2.05, 4.69) is 4.99 Å². The van der Waals surface area contributed by atoms with Gasteiger partial charge >= 0.3 is 0 Å². The minimum Gasteiger partial charge on any atom is -0.294 e. The van der Waals surface area contributed by atoms with Gasteiger partial charge in [0.15, 0.2) is 5.78 Å². The Hall–Kier alpha value is -1.64. The van der Waals surface area contributed by atoms with E-state index in [-0.39, 0.29) is 12.2 Å². The van der Waals surface area contributed by atoms with Crippen LogP contribution in [0.1, 0.15) is 22.3 Å². The fourth-order valence-electron chi connectivity index (χ4n) is 1.67. The van der Waals surface area contributed by atoms with E-state index in [0.29, 0.717) is 21.3 Å². The lowest BCUT2D eigenvalue weighted by atomic mass is 10.1. The topological polar surface area (TPSA) is 29.4 Å². The molecule has 0 aliphatic carbocycles. The summed E-state index contributed by atoms with van der Waals surface area (Å²) in [6, 6.07) is 12.5. The van der Waals surface area contributed by atoms with Crippen molar-refractivity contribution in [2.75, 3.05) is 0 Å². The third kappa shape index (κ3) is 3.92.